The fourth-order valence-corrected chi connectivity index (χ4v) is 2.26. The number of amides is 1. The maximum atomic E-state index is 12.1. The summed E-state index contributed by atoms with van der Waals surface area (Å²) >= 11 is 4.47. The van der Waals surface area contributed by atoms with E-state index in [9.17, 15) is 9.59 Å². The van der Waals surface area contributed by atoms with Gasteiger partial charge in [-0.15, -0.1) is 11.3 Å². The number of anilines is 1. The smallest absolute Gasteiger partial charge is 0.413 e. The van der Waals surface area contributed by atoms with Gasteiger partial charge < -0.3 is 4.74 Å². The molecule has 0 spiro atoms. The molecular weight excluding hydrogens is 332 g/mol. The molecule has 0 unspecified atom stereocenters. The second-order valence-electron chi connectivity index (χ2n) is 3.49. The average molecular weight is 341 g/mol. The normalized spacial score (nSPS) is 10.0. The number of thiazole rings is 1. The van der Waals surface area contributed by atoms with Crippen LogP contribution in [0.1, 0.15) is 16.1 Å². The summed E-state index contributed by atoms with van der Waals surface area (Å²) in [7, 11) is 1.26. The molecule has 1 N–H and O–H groups in total. The van der Waals surface area contributed by atoms with Crippen molar-refractivity contribution in [1.29, 1.82) is 0 Å². The highest BCUT2D eigenvalue weighted by Crippen LogP contribution is 2.19. The summed E-state index contributed by atoms with van der Waals surface area (Å²) in [6.07, 6.45) is -0.614. The van der Waals surface area contributed by atoms with Gasteiger partial charge in [-0.2, -0.15) is 0 Å². The molecule has 1 aromatic carbocycles. The molecule has 5 nitrogen and oxygen atoms in total. The van der Waals surface area contributed by atoms with Crippen LogP contribution in [0.3, 0.4) is 0 Å². The Morgan fingerprint density at radius 2 is 2.00 bits per heavy atom. The lowest BCUT2D eigenvalue weighted by Crippen LogP contribution is -2.11. The number of benzene rings is 1. The Morgan fingerprint density at radius 1 is 1.32 bits per heavy atom. The number of nitrogens with one attached hydrogen (secondary N) is 1. The van der Waals surface area contributed by atoms with Gasteiger partial charge in [-0.3, -0.25) is 10.1 Å². The van der Waals surface area contributed by atoms with Crippen LogP contribution in [0.15, 0.2) is 34.1 Å². The monoisotopic (exact) mass is 340 g/mol. The number of hydrogen-bond acceptors (Lipinski definition) is 5. The van der Waals surface area contributed by atoms with Crippen LogP contribution in [0.25, 0.3) is 0 Å². The SMILES string of the molecule is COC(=O)Nc1nc(C(=O)c2ccc(Br)cc2)cs1. The number of ether oxygens (including phenoxy) is 1. The molecule has 0 saturated carbocycles. The average Bonchev–Trinajstić information content (AvgIpc) is 2.87. The Morgan fingerprint density at radius 3 is 2.63 bits per heavy atom. The number of nitrogens with zero attached hydrogens (tertiary/aromatic N) is 1. The molecular formula is C12H9BrN2O3S. The van der Waals surface area contributed by atoms with Crippen molar-refractivity contribution in [3.63, 3.8) is 0 Å². The summed E-state index contributed by atoms with van der Waals surface area (Å²) in [5.41, 5.74) is 0.830. The van der Waals surface area contributed by atoms with Gasteiger partial charge in [-0.1, -0.05) is 15.9 Å². The van der Waals surface area contributed by atoms with E-state index in [1.807, 2.05) is 0 Å². The van der Waals surface area contributed by atoms with Crippen LogP contribution in [-0.2, 0) is 4.74 Å². The number of ketones is 1. The number of aromatic nitrogens is 1. The first-order valence-electron chi connectivity index (χ1n) is 5.21. The van der Waals surface area contributed by atoms with E-state index in [1.54, 1.807) is 29.6 Å². The van der Waals surface area contributed by atoms with Crippen LogP contribution in [0.2, 0.25) is 0 Å². The highest BCUT2D eigenvalue weighted by atomic mass is 79.9. The minimum atomic E-state index is -0.614. The summed E-state index contributed by atoms with van der Waals surface area (Å²) in [4.78, 5) is 27.2. The third-order valence-electron chi connectivity index (χ3n) is 2.24. The van der Waals surface area contributed by atoms with E-state index in [4.69, 9.17) is 0 Å². The molecule has 0 atom stereocenters. The number of halogens is 1. The van der Waals surface area contributed by atoms with E-state index in [1.165, 1.54) is 18.4 Å². The molecule has 7 heteroatoms. The highest BCUT2D eigenvalue weighted by Gasteiger charge is 2.14. The van der Waals surface area contributed by atoms with Gasteiger partial charge in [0.05, 0.1) is 7.11 Å². The van der Waals surface area contributed by atoms with Crippen LogP contribution < -0.4 is 5.32 Å². The Kier molecular flexibility index (Phi) is 4.28. The molecule has 2 aromatic rings. The zero-order chi connectivity index (χ0) is 13.8. The lowest BCUT2D eigenvalue weighted by Gasteiger charge is -1.98. The zero-order valence-electron chi connectivity index (χ0n) is 9.84. The van der Waals surface area contributed by atoms with Gasteiger partial charge in [0, 0.05) is 15.4 Å². The van der Waals surface area contributed by atoms with Gasteiger partial charge in [-0.25, -0.2) is 9.78 Å². The molecule has 0 bridgehead atoms. The molecule has 0 aliphatic heterocycles. The van der Waals surface area contributed by atoms with Crippen molar-refractivity contribution in [2.45, 2.75) is 0 Å². The Hall–Kier alpha value is -1.73. The van der Waals surface area contributed by atoms with Gasteiger partial charge >= 0.3 is 6.09 Å². The maximum absolute atomic E-state index is 12.1. The van der Waals surface area contributed by atoms with Crippen LogP contribution in [0, 0.1) is 0 Å². The predicted molar refractivity (Wildman–Crippen MR) is 75.7 cm³/mol. The standard InChI is InChI=1S/C12H9BrN2O3S/c1-18-12(17)15-11-14-9(6-19-11)10(16)7-2-4-8(13)5-3-7/h2-6H,1H3,(H,14,15,17). The number of hydrogen-bond donors (Lipinski definition) is 1. The molecule has 0 saturated heterocycles. The van der Waals surface area contributed by atoms with Crippen molar-refractivity contribution in [3.05, 3.63) is 45.4 Å². The summed E-state index contributed by atoms with van der Waals surface area (Å²) in [6, 6.07) is 6.98. The summed E-state index contributed by atoms with van der Waals surface area (Å²) in [5.74, 6) is -0.193. The lowest BCUT2D eigenvalue weighted by atomic mass is 10.1. The van der Waals surface area contributed by atoms with Crippen molar-refractivity contribution in [2.75, 3.05) is 12.4 Å². The molecule has 1 amide bonds. The van der Waals surface area contributed by atoms with Gasteiger partial charge in [0.25, 0.3) is 0 Å². The minimum absolute atomic E-state index is 0.193. The number of rotatable bonds is 3. The second-order valence-corrected chi connectivity index (χ2v) is 5.26. The van der Waals surface area contributed by atoms with Gasteiger partial charge in [0.1, 0.15) is 5.69 Å². The molecule has 0 aliphatic carbocycles. The van der Waals surface area contributed by atoms with Gasteiger partial charge in [0.2, 0.25) is 5.78 Å². The van der Waals surface area contributed by atoms with E-state index in [2.05, 4.69) is 31.0 Å². The number of carbonyl (C=O) groups excluding carboxylic acids is 2. The lowest BCUT2D eigenvalue weighted by molar-refractivity contribution is 0.103. The maximum Gasteiger partial charge on any atom is 0.413 e. The Labute approximate surface area is 121 Å². The first-order valence-corrected chi connectivity index (χ1v) is 6.88. The summed E-state index contributed by atoms with van der Waals surface area (Å²) < 4.78 is 5.35. The Bertz CT molecular complexity index is 610. The van der Waals surface area contributed by atoms with E-state index in [0.717, 1.165) is 4.47 Å². The predicted octanol–water partition coefficient (Wildman–Crippen LogP) is 3.31. The van der Waals surface area contributed by atoms with E-state index >= 15 is 0 Å². The van der Waals surface area contributed by atoms with Crippen molar-refractivity contribution in [2.24, 2.45) is 0 Å². The second kappa shape index (κ2) is 5.94. The quantitative estimate of drug-likeness (QED) is 0.870. The number of methoxy groups -OCH3 is 1. The molecule has 1 heterocycles. The van der Waals surface area contributed by atoms with Crippen LogP contribution >= 0.6 is 27.3 Å². The van der Waals surface area contributed by atoms with Crippen molar-refractivity contribution in [1.82, 2.24) is 4.98 Å². The first-order chi connectivity index (χ1) is 9.10. The topological polar surface area (TPSA) is 68.3 Å². The molecule has 1 aromatic heterocycles. The molecule has 0 radical (unpaired) electrons. The van der Waals surface area contributed by atoms with Gasteiger partial charge in [0.15, 0.2) is 5.13 Å². The third kappa shape index (κ3) is 3.39. The molecule has 19 heavy (non-hydrogen) atoms. The molecule has 0 aliphatic rings. The van der Waals surface area contributed by atoms with Gasteiger partial charge in [-0.05, 0) is 24.3 Å². The highest BCUT2D eigenvalue weighted by molar-refractivity contribution is 9.10. The zero-order valence-corrected chi connectivity index (χ0v) is 12.2. The first kappa shape index (κ1) is 13.7. The van der Waals surface area contributed by atoms with Crippen LogP contribution in [0.5, 0.6) is 0 Å². The molecule has 2 rings (SSSR count). The van der Waals surface area contributed by atoms with E-state index in [-0.39, 0.29) is 5.78 Å². The van der Waals surface area contributed by atoms with Crippen molar-refractivity contribution in [3.8, 4) is 0 Å². The number of carbonyl (C=O) groups is 2. The van der Waals surface area contributed by atoms with Crippen molar-refractivity contribution >= 4 is 44.3 Å². The van der Waals surface area contributed by atoms with Crippen LogP contribution in [-0.4, -0.2) is 24.0 Å². The Balaban J connectivity index is 2.16. The fourth-order valence-electron chi connectivity index (χ4n) is 1.32. The van der Waals surface area contributed by atoms with Crippen LogP contribution in [0.4, 0.5) is 9.93 Å². The molecule has 98 valence electrons. The third-order valence-corrected chi connectivity index (χ3v) is 3.52. The largest absolute Gasteiger partial charge is 0.453 e. The summed E-state index contributed by atoms with van der Waals surface area (Å²) in [5, 5.41) is 4.33. The minimum Gasteiger partial charge on any atom is -0.453 e. The fraction of sp³-hybridized carbons (Fsp3) is 0.0833. The van der Waals surface area contributed by atoms with E-state index in [0.29, 0.717) is 16.4 Å². The summed E-state index contributed by atoms with van der Waals surface area (Å²) in [6.45, 7) is 0. The molecule has 0 fully saturated rings. The van der Waals surface area contributed by atoms with E-state index < -0.39 is 6.09 Å². The van der Waals surface area contributed by atoms with Crippen molar-refractivity contribution < 1.29 is 14.3 Å².